The molecule has 2 aromatic carbocycles. The molecule has 2 fully saturated rings. The Morgan fingerprint density at radius 2 is 1.74 bits per heavy atom. The van der Waals surface area contributed by atoms with Crippen LogP contribution in [0.15, 0.2) is 87.9 Å². The van der Waals surface area contributed by atoms with Crippen molar-refractivity contribution in [1.29, 1.82) is 0 Å². The molecule has 0 unspecified atom stereocenters. The number of carbonyl (C=O) groups excluding carboxylic acids is 2. The Morgan fingerprint density at radius 3 is 2.45 bits per heavy atom. The van der Waals surface area contributed by atoms with Crippen LogP contribution in [0.5, 0.6) is 0 Å². The predicted molar refractivity (Wildman–Crippen MR) is 163 cm³/mol. The van der Waals surface area contributed by atoms with Crippen LogP contribution < -0.4 is 10.2 Å². The number of amides is 2. The molecule has 7 nitrogen and oxygen atoms in total. The number of hydrogen-bond donors (Lipinski definition) is 2. The number of aliphatic hydroxyl groups is 1. The van der Waals surface area contributed by atoms with Crippen LogP contribution in [0.1, 0.15) is 57.5 Å². The first-order valence-electron chi connectivity index (χ1n) is 15.0. The van der Waals surface area contributed by atoms with Crippen LogP contribution in [-0.4, -0.2) is 29.6 Å². The number of anilines is 3. The summed E-state index contributed by atoms with van der Waals surface area (Å²) < 4.78 is 12.0. The quantitative estimate of drug-likeness (QED) is 0.202. The molecule has 3 heterocycles. The van der Waals surface area contributed by atoms with Crippen LogP contribution in [0.4, 0.5) is 17.1 Å². The van der Waals surface area contributed by atoms with Gasteiger partial charge in [-0.3, -0.25) is 14.5 Å². The number of nitrogens with zero attached hydrogens (tertiary/aromatic N) is 1. The molecule has 6 rings (SSSR count). The molecule has 2 saturated heterocycles. The molecule has 2 N–H and O–H groups in total. The Labute approximate surface area is 246 Å². The monoisotopic (exact) mass is 566 g/mol. The molecule has 0 spiro atoms. The van der Waals surface area contributed by atoms with Crippen molar-refractivity contribution in [3.8, 4) is 0 Å². The highest BCUT2D eigenvalue weighted by molar-refractivity contribution is 6.22. The molecule has 0 bridgehead atoms. The summed E-state index contributed by atoms with van der Waals surface area (Å²) in [5, 5.41) is 12.7. The van der Waals surface area contributed by atoms with Crippen molar-refractivity contribution in [3.05, 3.63) is 95.0 Å². The molecule has 3 aliphatic rings. The van der Waals surface area contributed by atoms with Gasteiger partial charge in [0.25, 0.3) is 0 Å². The van der Waals surface area contributed by atoms with Crippen molar-refractivity contribution in [2.45, 2.75) is 58.7 Å². The highest BCUT2D eigenvalue weighted by Crippen LogP contribution is 2.50. The average Bonchev–Trinajstić information content (AvgIpc) is 3.70. The summed E-state index contributed by atoms with van der Waals surface area (Å²) in [4.78, 5) is 28.9. The largest absolute Gasteiger partial charge is 0.459 e. The topological polar surface area (TPSA) is 92.0 Å². The standard InChI is InChI=1S/C35H38N2O5/c1-3-7-23(19-27-15-16-28(20-38)42-27)10-17-31-32-22(2)18-29-33(30(32)21-41-31)35(40)37(34(29)39)26-13-11-25(12-14-26)36-24-8-5-4-6-9-24/h4-6,8-9,11-16,19,29-31,33,36,38H,3,7,10,17-18,20-21H2,1-2H3/b23-19+/t29-,30+,31-,33-/m1/s1. The molecule has 1 aliphatic carbocycles. The number of carbonyl (C=O) groups is 2. The number of imide groups is 1. The zero-order chi connectivity index (χ0) is 29.2. The maximum absolute atomic E-state index is 13.8. The summed E-state index contributed by atoms with van der Waals surface area (Å²) in [5.74, 6) is 0.301. The number of rotatable bonds is 10. The summed E-state index contributed by atoms with van der Waals surface area (Å²) in [7, 11) is 0. The van der Waals surface area contributed by atoms with Gasteiger partial charge >= 0.3 is 0 Å². The summed E-state index contributed by atoms with van der Waals surface area (Å²) >= 11 is 0. The molecule has 2 amide bonds. The van der Waals surface area contributed by atoms with Gasteiger partial charge in [-0.05, 0) is 92.8 Å². The van der Waals surface area contributed by atoms with E-state index in [4.69, 9.17) is 9.15 Å². The van der Waals surface area contributed by atoms with E-state index in [-0.39, 0.29) is 42.3 Å². The van der Waals surface area contributed by atoms with Gasteiger partial charge in [0.05, 0.1) is 30.2 Å². The number of fused-ring (bicyclic) bond motifs is 3. The van der Waals surface area contributed by atoms with Gasteiger partial charge < -0.3 is 19.6 Å². The lowest BCUT2D eigenvalue weighted by atomic mass is 9.70. The summed E-state index contributed by atoms with van der Waals surface area (Å²) in [6.07, 6.45) is 6.27. The first-order valence-corrected chi connectivity index (χ1v) is 15.0. The van der Waals surface area contributed by atoms with Crippen molar-refractivity contribution in [2.24, 2.45) is 17.8 Å². The minimum atomic E-state index is -0.381. The van der Waals surface area contributed by atoms with Crippen molar-refractivity contribution >= 4 is 35.0 Å². The molecule has 0 radical (unpaired) electrons. The first kappa shape index (κ1) is 28.2. The fourth-order valence-electron chi connectivity index (χ4n) is 6.93. The van der Waals surface area contributed by atoms with Crippen LogP contribution in [-0.2, 0) is 20.9 Å². The molecular weight excluding hydrogens is 528 g/mol. The number of aliphatic hydroxyl groups excluding tert-OH is 1. The SMILES string of the molecule is CCC/C(=C\c1ccc(CO)o1)CC[C@H]1OC[C@H]2C1=C(C)C[C@H]1C(=O)N(c3ccc(Nc4ccccc4)cc3)C(=O)[C@H]12. The molecule has 4 atom stereocenters. The van der Waals surface area contributed by atoms with Crippen molar-refractivity contribution in [3.63, 3.8) is 0 Å². The fourth-order valence-corrected chi connectivity index (χ4v) is 6.93. The maximum atomic E-state index is 13.8. The lowest BCUT2D eigenvalue weighted by molar-refractivity contribution is -0.122. The fraction of sp³-hybridized carbons (Fsp3) is 0.371. The van der Waals surface area contributed by atoms with Gasteiger partial charge in [0.1, 0.15) is 18.1 Å². The average molecular weight is 567 g/mol. The number of allylic oxidation sites excluding steroid dienone is 2. The molecule has 218 valence electrons. The van der Waals surface area contributed by atoms with Crippen LogP contribution >= 0.6 is 0 Å². The van der Waals surface area contributed by atoms with E-state index in [1.165, 1.54) is 21.6 Å². The molecule has 1 aromatic heterocycles. The smallest absolute Gasteiger partial charge is 0.238 e. The Balaban J connectivity index is 1.15. The minimum absolute atomic E-state index is 0.0545. The number of para-hydroxylation sites is 1. The Bertz CT molecular complexity index is 1500. The normalized spacial score (nSPS) is 23.9. The zero-order valence-corrected chi connectivity index (χ0v) is 24.2. The Kier molecular flexibility index (Phi) is 8.13. The van der Waals surface area contributed by atoms with Gasteiger partial charge in [-0.1, -0.05) is 42.7 Å². The van der Waals surface area contributed by atoms with Crippen LogP contribution in [0.2, 0.25) is 0 Å². The van der Waals surface area contributed by atoms with E-state index in [1.807, 2.05) is 60.7 Å². The molecule has 3 aromatic rings. The van der Waals surface area contributed by atoms with Gasteiger partial charge in [-0.15, -0.1) is 0 Å². The van der Waals surface area contributed by atoms with Crippen LogP contribution in [0.25, 0.3) is 6.08 Å². The van der Waals surface area contributed by atoms with Crippen LogP contribution in [0, 0.1) is 17.8 Å². The summed E-state index contributed by atoms with van der Waals surface area (Å²) in [6, 6.07) is 21.1. The minimum Gasteiger partial charge on any atom is -0.459 e. The number of furan rings is 1. The van der Waals surface area contributed by atoms with E-state index in [1.54, 1.807) is 6.07 Å². The first-order chi connectivity index (χ1) is 20.5. The van der Waals surface area contributed by atoms with Crippen molar-refractivity contribution in [1.82, 2.24) is 0 Å². The predicted octanol–water partition coefficient (Wildman–Crippen LogP) is 7.02. The van der Waals surface area contributed by atoms with Gasteiger partial charge in [0.2, 0.25) is 11.8 Å². The highest BCUT2D eigenvalue weighted by atomic mass is 16.5. The highest BCUT2D eigenvalue weighted by Gasteiger charge is 2.56. The molecule has 7 heteroatoms. The number of ether oxygens (including phenoxy) is 1. The third-order valence-electron chi connectivity index (χ3n) is 8.82. The van der Waals surface area contributed by atoms with Crippen LogP contribution in [0.3, 0.4) is 0 Å². The number of hydrogen-bond acceptors (Lipinski definition) is 6. The second kappa shape index (κ2) is 12.1. The number of nitrogens with one attached hydrogen (secondary N) is 1. The van der Waals surface area contributed by atoms with E-state index >= 15 is 0 Å². The Hall–Kier alpha value is -3.94. The zero-order valence-electron chi connectivity index (χ0n) is 24.2. The van der Waals surface area contributed by atoms with E-state index in [0.29, 0.717) is 24.5 Å². The second-order valence-corrected chi connectivity index (χ2v) is 11.6. The second-order valence-electron chi connectivity index (χ2n) is 11.6. The molecule has 0 saturated carbocycles. The third kappa shape index (κ3) is 5.46. The summed E-state index contributed by atoms with van der Waals surface area (Å²) in [6.45, 7) is 4.62. The molecule has 2 aliphatic heterocycles. The lowest BCUT2D eigenvalue weighted by Gasteiger charge is -2.30. The third-order valence-corrected chi connectivity index (χ3v) is 8.82. The van der Waals surface area contributed by atoms with E-state index in [2.05, 4.69) is 25.2 Å². The van der Waals surface area contributed by atoms with Crippen molar-refractivity contribution in [2.75, 3.05) is 16.8 Å². The summed E-state index contributed by atoms with van der Waals surface area (Å²) in [5.41, 5.74) is 6.17. The van der Waals surface area contributed by atoms with Gasteiger partial charge in [-0.2, -0.15) is 0 Å². The lowest BCUT2D eigenvalue weighted by Crippen LogP contribution is -2.34. The van der Waals surface area contributed by atoms with Crippen molar-refractivity contribution < 1.29 is 23.8 Å². The van der Waals surface area contributed by atoms with E-state index in [0.717, 1.165) is 42.8 Å². The maximum Gasteiger partial charge on any atom is 0.238 e. The van der Waals surface area contributed by atoms with E-state index < -0.39 is 0 Å². The van der Waals surface area contributed by atoms with Gasteiger partial charge in [-0.25, -0.2) is 0 Å². The van der Waals surface area contributed by atoms with Gasteiger partial charge in [0, 0.05) is 17.3 Å². The molecular formula is C35H38N2O5. The Morgan fingerprint density at radius 1 is 0.976 bits per heavy atom. The molecule has 42 heavy (non-hydrogen) atoms. The number of benzene rings is 2. The van der Waals surface area contributed by atoms with Gasteiger partial charge in [0.15, 0.2) is 0 Å². The van der Waals surface area contributed by atoms with E-state index in [9.17, 15) is 14.7 Å².